The van der Waals surface area contributed by atoms with Crippen LogP contribution in [-0.2, 0) is 6.42 Å². The summed E-state index contributed by atoms with van der Waals surface area (Å²) in [6.45, 7) is 2.23. The molecule has 0 aromatic heterocycles. The molecule has 0 bridgehead atoms. The second-order valence-electron chi connectivity index (χ2n) is 7.59. The summed E-state index contributed by atoms with van der Waals surface area (Å²) in [5.74, 6) is -0.198. The molecule has 0 aliphatic heterocycles. The van der Waals surface area contributed by atoms with Crippen molar-refractivity contribution in [3.05, 3.63) is 29.6 Å². The molecule has 5 heteroatoms. The van der Waals surface area contributed by atoms with Crippen molar-refractivity contribution >= 4 is 0 Å². The Labute approximate surface area is 154 Å². The predicted octanol–water partition coefficient (Wildman–Crippen LogP) is 7.43. The first-order valence-corrected chi connectivity index (χ1v) is 9.91. The van der Waals surface area contributed by atoms with Gasteiger partial charge in [0.05, 0.1) is 0 Å². The van der Waals surface area contributed by atoms with Gasteiger partial charge in [0, 0.05) is 0 Å². The molecule has 1 aromatic rings. The molecule has 0 atom stereocenters. The first-order chi connectivity index (χ1) is 12.4. The smallest absolute Gasteiger partial charge is 0.403 e. The summed E-state index contributed by atoms with van der Waals surface area (Å²) in [6.07, 6.45) is 8.45. The zero-order valence-electron chi connectivity index (χ0n) is 15.6. The van der Waals surface area contributed by atoms with Crippen LogP contribution in [0.4, 0.5) is 17.6 Å². The summed E-state index contributed by atoms with van der Waals surface area (Å²) in [7, 11) is 0. The highest BCUT2D eigenvalue weighted by molar-refractivity contribution is 5.29. The Hall–Kier alpha value is -1.26. The molecule has 26 heavy (non-hydrogen) atoms. The van der Waals surface area contributed by atoms with Crippen molar-refractivity contribution in [2.24, 2.45) is 11.8 Å². The van der Waals surface area contributed by atoms with Crippen molar-refractivity contribution in [3.8, 4) is 5.75 Å². The number of ether oxygens (including phenoxy) is 1. The van der Waals surface area contributed by atoms with E-state index >= 15 is 0 Å². The molecular weight excluding hydrogens is 344 g/mol. The molecule has 1 aliphatic rings. The highest BCUT2D eigenvalue weighted by atomic mass is 19.4. The second-order valence-corrected chi connectivity index (χ2v) is 7.59. The van der Waals surface area contributed by atoms with Crippen molar-refractivity contribution in [1.82, 2.24) is 0 Å². The lowest BCUT2D eigenvalue weighted by Crippen LogP contribution is -2.18. The summed E-state index contributed by atoms with van der Waals surface area (Å²) >= 11 is 0. The standard InChI is InChI=1S/C21H30F4O/c1-2-3-4-5-6-16-7-9-17(10-8-16)11-12-18-13-14-20(19(22)15-18)26-21(23,24)25/h13-17H,2-12H2,1H3. The van der Waals surface area contributed by atoms with Crippen molar-refractivity contribution in [2.45, 2.75) is 83.9 Å². The third-order valence-electron chi connectivity index (χ3n) is 5.50. The van der Waals surface area contributed by atoms with E-state index in [-0.39, 0.29) is 0 Å². The third kappa shape index (κ3) is 7.55. The van der Waals surface area contributed by atoms with E-state index in [9.17, 15) is 17.6 Å². The lowest BCUT2D eigenvalue weighted by Gasteiger charge is -2.28. The van der Waals surface area contributed by atoms with E-state index in [1.165, 1.54) is 69.9 Å². The minimum Gasteiger partial charge on any atom is -0.403 e. The maximum atomic E-state index is 13.7. The summed E-state index contributed by atoms with van der Waals surface area (Å²) in [5, 5.41) is 0. The normalized spacial score (nSPS) is 21.0. The van der Waals surface area contributed by atoms with Gasteiger partial charge in [0.1, 0.15) is 0 Å². The van der Waals surface area contributed by atoms with Crippen LogP contribution < -0.4 is 4.74 Å². The van der Waals surface area contributed by atoms with Gasteiger partial charge in [-0.15, -0.1) is 13.2 Å². The molecule has 1 saturated carbocycles. The summed E-state index contributed by atoms with van der Waals surface area (Å²) in [5.41, 5.74) is 0.735. The Morgan fingerprint density at radius 2 is 1.62 bits per heavy atom. The van der Waals surface area contributed by atoms with E-state index in [1.54, 1.807) is 0 Å². The maximum Gasteiger partial charge on any atom is 0.573 e. The number of aryl methyl sites for hydroxylation is 1. The number of hydrogen-bond acceptors (Lipinski definition) is 1. The van der Waals surface area contributed by atoms with Gasteiger partial charge in [-0.05, 0) is 42.4 Å². The van der Waals surface area contributed by atoms with E-state index in [2.05, 4.69) is 11.7 Å². The van der Waals surface area contributed by atoms with Gasteiger partial charge in [-0.25, -0.2) is 4.39 Å². The number of halogens is 4. The molecule has 2 rings (SSSR count). The molecule has 0 saturated heterocycles. The first-order valence-electron chi connectivity index (χ1n) is 9.91. The molecule has 0 amide bonds. The molecule has 0 radical (unpaired) electrons. The van der Waals surface area contributed by atoms with Crippen LogP contribution >= 0.6 is 0 Å². The number of hydrogen-bond donors (Lipinski definition) is 0. The Bertz CT molecular complexity index is 533. The molecule has 0 N–H and O–H groups in total. The molecule has 0 heterocycles. The van der Waals surface area contributed by atoms with E-state index in [0.29, 0.717) is 12.3 Å². The van der Waals surface area contributed by atoms with Crippen molar-refractivity contribution in [2.75, 3.05) is 0 Å². The van der Waals surface area contributed by atoms with E-state index in [4.69, 9.17) is 0 Å². The van der Waals surface area contributed by atoms with E-state index in [1.807, 2.05) is 0 Å². The highest BCUT2D eigenvalue weighted by Gasteiger charge is 2.32. The van der Waals surface area contributed by atoms with Crippen LogP contribution in [0.1, 0.15) is 76.7 Å². The number of benzene rings is 1. The lowest BCUT2D eigenvalue weighted by atomic mass is 9.78. The van der Waals surface area contributed by atoms with Crippen molar-refractivity contribution < 1.29 is 22.3 Å². The van der Waals surface area contributed by atoms with Crippen molar-refractivity contribution in [3.63, 3.8) is 0 Å². The van der Waals surface area contributed by atoms with Crippen LogP contribution in [-0.4, -0.2) is 6.36 Å². The molecule has 1 aliphatic carbocycles. The van der Waals surface area contributed by atoms with Gasteiger partial charge in [0.2, 0.25) is 0 Å². The monoisotopic (exact) mass is 374 g/mol. The maximum absolute atomic E-state index is 13.7. The predicted molar refractivity (Wildman–Crippen MR) is 95.6 cm³/mol. The average Bonchev–Trinajstić information content (AvgIpc) is 2.59. The average molecular weight is 374 g/mol. The van der Waals surface area contributed by atoms with Gasteiger partial charge in [-0.1, -0.05) is 70.8 Å². The zero-order chi connectivity index (χ0) is 19.0. The SMILES string of the molecule is CCCCCCC1CCC(CCc2ccc(OC(F)(F)F)c(F)c2)CC1. The molecule has 1 nitrogen and oxygen atoms in total. The number of unbranched alkanes of at least 4 members (excludes halogenated alkanes) is 3. The summed E-state index contributed by atoms with van der Waals surface area (Å²) < 4.78 is 53.9. The van der Waals surface area contributed by atoms with Gasteiger partial charge >= 0.3 is 6.36 Å². The largest absolute Gasteiger partial charge is 0.573 e. The van der Waals surface area contributed by atoms with Gasteiger partial charge in [0.15, 0.2) is 11.6 Å². The highest BCUT2D eigenvalue weighted by Crippen LogP contribution is 2.34. The Morgan fingerprint density at radius 3 is 2.19 bits per heavy atom. The number of rotatable bonds is 9. The second kappa shape index (κ2) is 10.2. The first kappa shape index (κ1) is 21.0. The van der Waals surface area contributed by atoms with Gasteiger partial charge in [-0.3, -0.25) is 0 Å². The van der Waals surface area contributed by atoms with Crippen LogP contribution in [0.25, 0.3) is 0 Å². The molecule has 0 spiro atoms. The Kier molecular flexibility index (Phi) is 8.23. The van der Waals surface area contributed by atoms with Crippen LogP contribution in [0.2, 0.25) is 0 Å². The minimum absolute atomic E-state index is 0.649. The van der Waals surface area contributed by atoms with Crippen LogP contribution in [0.15, 0.2) is 18.2 Å². The third-order valence-corrected chi connectivity index (χ3v) is 5.50. The summed E-state index contributed by atoms with van der Waals surface area (Å²) in [4.78, 5) is 0. The lowest BCUT2D eigenvalue weighted by molar-refractivity contribution is -0.275. The minimum atomic E-state index is -4.86. The fraction of sp³-hybridized carbons (Fsp3) is 0.714. The summed E-state index contributed by atoms with van der Waals surface area (Å²) in [6, 6.07) is 3.77. The van der Waals surface area contributed by atoms with Crippen molar-refractivity contribution in [1.29, 1.82) is 0 Å². The molecular formula is C21H30F4O. The zero-order valence-corrected chi connectivity index (χ0v) is 15.6. The molecule has 1 aromatic carbocycles. The Balaban J connectivity index is 1.70. The van der Waals surface area contributed by atoms with E-state index < -0.39 is 17.9 Å². The van der Waals surface area contributed by atoms with E-state index in [0.717, 1.165) is 24.0 Å². The van der Waals surface area contributed by atoms with Crippen LogP contribution in [0.5, 0.6) is 5.75 Å². The molecule has 148 valence electrons. The Morgan fingerprint density at radius 1 is 0.962 bits per heavy atom. The van der Waals surface area contributed by atoms with Gasteiger partial charge in [-0.2, -0.15) is 0 Å². The fourth-order valence-electron chi connectivity index (χ4n) is 3.95. The van der Waals surface area contributed by atoms with Crippen LogP contribution in [0, 0.1) is 17.7 Å². The quantitative estimate of drug-likeness (QED) is 0.322. The fourth-order valence-corrected chi connectivity index (χ4v) is 3.95. The topological polar surface area (TPSA) is 9.23 Å². The van der Waals surface area contributed by atoms with Gasteiger partial charge in [0.25, 0.3) is 0 Å². The van der Waals surface area contributed by atoms with Gasteiger partial charge < -0.3 is 4.74 Å². The molecule has 1 fully saturated rings. The molecule has 0 unspecified atom stereocenters. The van der Waals surface area contributed by atoms with Crippen LogP contribution in [0.3, 0.4) is 0 Å². The number of alkyl halides is 3.